The summed E-state index contributed by atoms with van der Waals surface area (Å²) in [4.78, 5) is 26.9. The molecular weight excluding hydrogens is 332 g/mol. The van der Waals surface area contributed by atoms with Crippen LogP contribution in [-0.4, -0.2) is 21.4 Å². The second-order valence-corrected chi connectivity index (χ2v) is 6.78. The molecule has 3 aromatic rings. The van der Waals surface area contributed by atoms with Crippen LogP contribution in [-0.2, 0) is 17.9 Å². The summed E-state index contributed by atoms with van der Waals surface area (Å²) in [7, 11) is 0. The Morgan fingerprint density at radius 1 is 1.15 bits per heavy atom. The van der Waals surface area contributed by atoms with Crippen molar-refractivity contribution in [3.05, 3.63) is 59.0 Å². The van der Waals surface area contributed by atoms with Crippen LogP contribution in [0.5, 0.6) is 0 Å². The molecule has 1 aromatic carbocycles. The number of benzene rings is 1. The molecule has 26 heavy (non-hydrogen) atoms. The van der Waals surface area contributed by atoms with Crippen molar-refractivity contribution in [2.24, 2.45) is 0 Å². The fourth-order valence-electron chi connectivity index (χ4n) is 3.78. The number of amides is 1. The van der Waals surface area contributed by atoms with Gasteiger partial charge in [0.15, 0.2) is 5.58 Å². The predicted octanol–water partition coefficient (Wildman–Crippen LogP) is 3.55. The van der Waals surface area contributed by atoms with Crippen molar-refractivity contribution in [3.8, 4) is 0 Å². The maximum atomic E-state index is 12.9. The SMILES string of the molecule is O=C(CCn1c(=O)oc2ccccc21)N(Cc1ccco1)C1CCCC1. The smallest absolute Gasteiger partial charge is 0.419 e. The van der Waals surface area contributed by atoms with Crippen molar-refractivity contribution >= 4 is 17.0 Å². The van der Waals surface area contributed by atoms with Gasteiger partial charge in [-0.25, -0.2) is 4.79 Å². The van der Waals surface area contributed by atoms with Crippen LogP contribution in [0.25, 0.3) is 11.1 Å². The number of aryl methyl sites for hydroxylation is 1. The highest BCUT2D eigenvalue weighted by molar-refractivity contribution is 5.77. The number of para-hydroxylation sites is 2. The predicted molar refractivity (Wildman–Crippen MR) is 96.6 cm³/mol. The molecule has 1 amide bonds. The van der Waals surface area contributed by atoms with E-state index < -0.39 is 5.76 Å². The van der Waals surface area contributed by atoms with E-state index in [-0.39, 0.29) is 18.4 Å². The molecule has 0 bridgehead atoms. The summed E-state index contributed by atoms with van der Waals surface area (Å²) < 4.78 is 12.2. The van der Waals surface area contributed by atoms with Gasteiger partial charge in [-0.3, -0.25) is 9.36 Å². The molecule has 0 N–H and O–H groups in total. The molecule has 1 saturated carbocycles. The normalized spacial score (nSPS) is 14.9. The van der Waals surface area contributed by atoms with Crippen molar-refractivity contribution in [3.63, 3.8) is 0 Å². The Labute approximate surface area is 151 Å². The van der Waals surface area contributed by atoms with E-state index in [2.05, 4.69) is 0 Å². The summed E-state index contributed by atoms with van der Waals surface area (Å²) in [6, 6.07) is 11.3. The van der Waals surface area contributed by atoms with Gasteiger partial charge in [0.05, 0.1) is 18.3 Å². The minimum absolute atomic E-state index is 0.0467. The van der Waals surface area contributed by atoms with Crippen LogP contribution in [0.15, 0.2) is 56.3 Å². The average molecular weight is 354 g/mol. The molecule has 1 aliphatic rings. The third-order valence-electron chi connectivity index (χ3n) is 5.12. The van der Waals surface area contributed by atoms with Crippen LogP contribution in [0.2, 0.25) is 0 Å². The Balaban J connectivity index is 1.50. The summed E-state index contributed by atoms with van der Waals surface area (Å²) in [6.45, 7) is 0.799. The summed E-state index contributed by atoms with van der Waals surface area (Å²) in [5.74, 6) is 0.416. The zero-order valence-corrected chi connectivity index (χ0v) is 14.6. The Kier molecular flexibility index (Phi) is 4.65. The van der Waals surface area contributed by atoms with E-state index in [9.17, 15) is 9.59 Å². The van der Waals surface area contributed by atoms with Crippen molar-refractivity contribution in [1.29, 1.82) is 0 Å². The van der Waals surface area contributed by atoms with Gasteiger partial charge in [0.2, 0.25) is 5.91 Å². The minimum atomic E-state index is -0.419. The zero-order valence-electron chi connectivity index (χ0n) is 14.6. The standard InChI is InChI=1S/C20H22N2O4/c23-19(11-12-21-17-9-3-4-10-18(17)26-20(21)24)22(15-6-1-2-7-15)14-16-8-5-13-25-16/h3-5,8-10,13,15H,1-2,6-7,11-12,14H2. The van der Waals surface area contributed by atoms with Crippen molar-refractivity contribution in [2.45, 2.75) is 51.2 Å². The Morgan fingerprint density at radius 3 is 2.73 bits per heavy atom. The number of fused-ring (bicyclic) bond motifs is 1. The number of carbonyl (C=O) groups excluding carboxylic acids is 1. The van der Waals surface area contributed by atoms with Gasteiger partial charge in [-0.1, -0.05) is 25.0 Å². The molecule has 0 aliphatic heterocycles. The van der Waals surface area contributed by atoms with Crippen LogP contribution in [0.3, 0.4) is 0 Å². The molecule has 2 aromatic heterocycles. The van der Waals surface area contributed by atoms with Gasteiger partial charge in [0.1, 0.15) is 5.76 Å². The second kappa shape index (κ2) is 7.23. The summed E-state index contributed by atoms with van der Waals surface area (Å²) in [5, 5.41) is 0. The third-order valence-corrected chi connectivity index (χ3v) is 5.12. The van der Waals surface area contributed by atoms with Crippen LogP contribution in [0.1, 0.15) is 37.9 Å². The Morgan fingerprint density at radius 2 is 1.96 bits per heavy atom. The lowest BCUT2D eigenvalue weighted by molar-refractivity contribution is -0.134. The number of hydrogen-bond donors (Lipinski definition) is 0. The van der Waals surface area contributed by atoms with E-state index in [4.69, 9.17) is 8.83 Å². The molecule has 0 atom stereocenters. The number of aromatic nitrogens is 1. The van der Waals surface area contributed by atoms with Gasteiger partial charge in [-0.15, -0.1) is 0 Å². The molecule has 4 rings (SSSR count). The van der Waals surface area contributed by atoms with Crippen molar-refractivity contribution in [2.75, 3.05) is 0 Å². The molecule has 0 saturated heterocycles. The number of oxazole rings is 1. The molecule has 1 aliphatic carbocycles. The van der Waals surface area contributed by atoms with Crippen LogP contribution >= 0.6 is 0 Å². The Hall–Kier alpha value is -2.76. The Bertz CT molecular complexity index is 932. The quantitative estimate of drug-likeness (QED) is 0.679. The van der Waals surface area contributed by atoms with Crippen molar-refractivity contribution < 1.29 is 13.6 Å². The average Bonchev–Trinajstić information content (AvgIpc) is 3.38. The van der Waals surface area contributed by atoms with Gasteiger partial charge in [0.25, 0.3) is 0 Å². The summed E-state index contributed by atoms with van der Waals surface area (Å²) in [6.07, 6.45) is 6.25. The highest BCUT2D eigenvalue weighted by atomic mass is 16.4. The lowest BCUT2D eigenvalue weighted by atomic mass is 10.2. The maximum absolute atomic E-state index is 12.9. The first-order valence-electron chi connectivity index (χ1n) is 9.12. The highest BCUT2D eigenvalue weighted by Crippen LogP contribution is 2.26. The number of hydrogen-bond acceptors (Lipinski definition) is 4. The zero-order chi connectivity index (χ0) is 17.9. The number of nitrogens with zero attached hydrogens (tertiary/aromatic N) is 2. The van der Waals surface area contributed by atoms with Crippen LogP contribution in [0, 0.1) is 0 Å². The van der Waals surface area contributed by atoms with Gasteiger partial charge >= 0.3 is 5.76 Å². The molecule has 0 radical (unpaired) electrons. The number of carbonyl (C=O) groups is 1. The fourth-order valence-corrected chi connectivity index (χ4v) is 3.78. The highest BCUT2D eigenvalue weighted by Gasteiger charge is 2.27. The van der Waals surface area contributed by atoms with E-state index in [1.54, 1.807) is 12.3 Å². The first-order valence-corrected chi connectivity index (χ1v) is 9.12. The van der Waals surface area contributed by atoms with E-state index in [1.807, 2.05) is 35.2 Å². The molecule has 0 unspecified atom stereocenters. The van der Waals surface area contributed by atoms with E-state index in [1.165, 1.54) is 4.57 Å². The molecule has 0 spiro atoms. The first kappa shape index (κ1) is 16.7. The van der Waals surface area contributed by atoms with Gasteiger partial charge in [-0.2, -0.15) is 0 Å². The second-order valence-electron chi connectivity index (χ2n) is 6.78. The van der Waals surface area contributed by atoms with Crippen LogP contribution in [0.4, 0.5) is 0 Å². The minimum Gasteiger partial charge on any atom is -0.467 e. The van der Waals surface area contributed by atoms with Gasteiger partial charge < -0.3 is 13.7 Å². The number of furan rings is 1. The fraction of sp³-hybridized carbons (Fsp3) is 0.400. The molecular formula is C20H22N2O4. The van der Waals surface area contributed by atoms with E-state index >= 15 is 0 Å². The molecule has 2 heterocycles. The lowest BCUT2D eigenvalue weighted by Crippen LogP contribution is -2.38. The maximum Gasteiger partial charge on any atom is 0.419 e. The molecule has 6 heteroatoms. The topological polar surface area (TPSA) is 68.6 Å². The first-order chi connectivity index (χ1) is 12.7. The molecule has 6 nitrogen and oxygen atoms in total. The number of rotatable bonds is 6. The van der Waals surface area contributed by atoms with Gasteiger partial charge in [-0.05, 0) is 37.1 Å². The summed E-state index contributed by atoms with van der Waals surface area (Å²) in [5.41, 5.74) is 1.27. The van der Waals surface area contributed by atoms with E-state index in [0.717, 1.165) is 37.0 Å². The lowest BCUT2D eigenvalue weighted by Gasteiger charge is -2.28. The third kappa shape index (κ3) is 3.31. The van der Waals surface area contributed by atoms with Crippen molar-refractivity contribution in [1.82, 2.24) is 9.47 Å². The summed E-state index contributed by atoms with van der Waals surface area (Å²) >= 11 is 0. The monoisotopic (exact) mass is 354 g/mol. The molecule has 1 fully saturated rings. The van der Waals surface area contributed by atoms with Gasteiger partial charge in [0, 0.05) is 19.0 Å². The molecule has 136 valence electrons. The largest absolute Gasteiger partial charge is 0.467 e. The van der Waals surface area contributed by atoms with Crippen LogP contribution < -0.4 is 5.76 Å². The van der Waals surface area contributed by atoms with E-state index in [0.29, 0.717) is 18.7 Å².